The van der Waals surface area contributed by atoms with Crippen molar-refractivity contribution in [3.8, 4) is 17.0 Å². The van der Waals surface area contributed by atoms with Gasteiger partial charge in [-0.15, -0.1) is 10.2 Å². The summed E-state index contributed by atoms with van der Waals surface area (Å²) in [4.78, 5) is 24.4. The first-order chi connectivity index (χ1) is 13.1. The van der Waals surface area contributed by atoms with Gasteiger partial charge in [0.05, 0.1) is 43.6 Å². The van der Waals surface area contributed by atoms with E-state index in [1.54, 1.807) is 24.4 Å². The number of hydrogen-bond acceptors (Lipinski definition) is 8. The molecule has 0 saturated carbocycles. The lowest BCUT2D eigenvalue weighted by Crippen LogP contribution is -2.17. The number of aromatic nitrogens is 4. The van der Waals surface area contributed by atoms with Gasteiger partial charge in [0, 0.05) is 11.6 Å². The van der Waals surface area contributed by atoms with Crippen LogP contribution in [-0.4, -0.2) is 46.5 Å². The molecule has 0 aliphatic carbocycles. The van der Waals surface area contributed by atoms with Gasteiger partial charge >= 0.3 is 5.97 Å². The van der Waals surface area contributed by atoms with Crippen LogP contribution in [0.25, 0.3) is 11.3 Å². The van der Waals surface area contributed by atoms with Crippen molar-refractivity contribution in [2.45, 2.75) is 0 Å². The molecule has 0 saturated heterocycles. The normalized spacial score (nSPS) is 10.1. The van der Waals surface area contributed by atoms with Crippen LogP contribution in [0.2, 0.25) is 0 Å². The molecule has 136 valence electrons. The zero-order valence-corrected chi connectivity index (χ0v) is 14.5. The van der Waals surface area contributed by atoms with E-state index in [1.165, 1.54) is 38.6 Å². The quantitative estimate of drug-likeness (QED) is 0.682. The van der Waals surface area contributed by atoms with Crippen LogP contribution >= 0.6 is 0 Å². The smallest absolute Gasteiger partial charge is 0.339 e. The average molecular weight is 365 g/mol. The summed E-state index contributed by atoms with van der Waals surface area (Å²) in [6.45, 7) is 0. The molecular formula is C18H15N5O4. The number of ether oxygens (including phenoxy) is 2. The molecule has 27 heavy (non-hydrogen) atoms. The van der Waals surface area contributed by atoms with Crippen molar-refractivity contribution in [1.29, 1.82) is 0 Å². The number of carbonyl (C=O) groups is 2. The Kier molecular flexibility index (Phi) is 5.31. The van der Waals surface area contributed by atoms with Crippen molar-refractivity contribution in [1.82, 2.24) is 20.4 Å². The highest BCUT2D eigenvalue weighted by Gasteiger charge is 2.17. The summed E-state index contributed by atoms with van der Waals surface area (Å²) in [6, 6.07) is 9.52. The number of nitrogens with zero attached hydrogens (tertiary/aromatic N) is 4. The van der Waals surface area contributed by atoms with Crippen LogP contribution in [0, 0.1) is 0 Å². The SMILES string of the molecule is COC(=O)c1ccc(OC)cc1NC(=O)c1ccc(-c2ccnnc2)nn1. The standard InChI is InChI=1S/C18H15N5O4/c1-26-12-3-4-13(18(25)27-2)16(9-12)21-17(24)15-6-5-14(22-23-15)11-7-8-19-20-10-11/h3-10H,1-2H3,(H,21,24). The number of rotatable bonds is 5. The Morgan fingerprint density at radius 3 is 2.48 bits per heavy atom. The highest BCUT2D eigenvalue weighted by molar-refractivity contribution is 6.07. The van der Waals surface area contributed by atoms with E-state index in [-0.39, 0.29) is 16.9 Å². The Morgan fingerprint density at radius 1 is 1.00 bits per heavy atom. The molecule has 0 atom stereocenters. The number of methoxy groups -OCH3 is 2. The number of benzene rings is 1. The van der Waals surface area contributed by atoms with E-state index in [0.717, 1.165) is 5.56 Å². The Bertz CT molecular complexity index is 961. The van der Waals surface area contributed by atoms with Crippen molar-refractivity contribution in [3.63, 3.8) is 0 Å². The first-order valence-corrected chi connectivity index (χ1v) is 7.81. The Hall–Kier alpha value is -3.88. The second kappa shape index (κ2) is 8.00. The minimum atomic E-state index is -0.584. The average Bonchev–Trinajstić information content (AvgIpc) is 2.73. The third-order valence-corrected chi connectivity index (χ3v) is 3.66. The summed E-state index contributed by atoms with van der Waals surface area (Å²) >= 11 is 0. The van der Waals surface area contributed by atoms with Gasteiger partial charge in [0.25, 0.3) is 5.91 Å². The van der Waals surface area contributed by atoms with Crippen LogP contribution < -0.4 is 10.1 Å². The van der Waals surface area contributed by atoms with Gasteiger partial charge in [0.2, 0.25) is 0 Å². The lowest BCUT2D eigenvalue weighted by atomic mass is 10.1. The lowest BCUT2D eigenvalue weighted by molar-refractivity contribution is 0.0602. The Labute approximate surface area is 154 Å². The highest BCUT2D eigenvalue weighted by atomic mass is 16.5. The van der Waals surface area contributed by atoms with Crippen LogP contribution in [0.4, 0.5) is 5.69 Å². The van der Waals surface area contributed by atoms with Crippen molar-refractivity contribution in [2.75, 3.05) is 19.5 Å². The molecule has 9 nitrogen and oxygen atoms in total. The summed E-state index contributed by atoms with van der Waals surface area (Å²) < 4.78 is 9.87. The van der Waals surface area contributed by atoms with Crippen molar-refractivity contribution < 1.29 is 19.1 Å². The molecule has 0 spiro atoms. The predicted octanol–water partition coefficient (Wildman–Crippen LogP) is 1.98. The zero-order chi connectivity index (χ0) is 19.2. The molecular weight excluding hydrogens is 350 g/mol. The van der Waals surface area contributed by atoms with Crippen molar-refractivity contribution >= 4 is 17.6 Å². The number of amides is 1. The summed E-state index contributed by atoms with van der Waals surface area (Å²) in [5, 5.41) is 18.1. The fourth-order valence-electron chi connectivity index (χ4n) is 2.28. The summed E-state index contributed by atoms with van der Waals surface area (Å²) in [5.74, 6) is -0.635. The molecule has 0 fully saturated rings. The molecule has 1 N–H and O–H groups in total. The Morgan fingerprint density at radius 2 is 1.85 bits per heavy atom. The maximum Gasteiger partial charge on any atom is 0.339 e. The van der Waals surface area contributed by atoms with E-state index in [9.17, 15) is 9.59 Å². The van der Waals surface area contributed by atoms with E-state index in [4.69, 9.17) is 9.47 Å². The minimum Gasteiger partial charge on any atom is -0.497 e. The van der Waals surface area contributed by atoms with Gasteiger partial charge in [-0.05, 0) is 30.3 Å². The van der Waals surface area contributed by atoms with Crippen molar-refractivity contribution in [3.05, 3.63) is 60.0 Å². The van der Waals surface area contributed by atoms with Gasteiger partial charge < -0.3 is 14.8 Å². The lowest BCUT2D eigenvalue weighted by Gasteiger charge is -2.11. The maximum atomic E-state index is 12.5. The summed E-state index contributed by atoms with van der Waals surface area (Å²) in [5.41, 5.74) is 1.80. The maximum absolute atomic E-state index is 12.5. The molecule has 1 aromatic carbocycles. The number of esters is 1. The molecule has 0 radical (unpaired) electrons. The van der Waals surface area contributed by atoms with E-state index in [1.807, 2.05) is 0 Å². The van der Waals surface area contributed by atoms with Gasteiger partial charge in [0.1, 0.15) is 5.75 Å². The van der Waals surface area contributed by atoms with E-state index in [2.05, 4.69) is 25.7 Å². The summed E-state index contributed by atoms with van der Waals surface area (Å²) in [6.07, 6.45) is 3.08. The van der Waals surface area contributed by atoms with Crippen LogP contribution in [0.1, 0.15) is 20.8 Å². The first-order valence-electron chi connectivity index (χ1n) is 7.81. The van der Waals surface area contributed by atoms with Gasteiger partial charge in [-0.2, -0.15) is 10.2 Å². The van der Waals surface area contributed by atoms with Gasteiger partial charge in [-0.3, -0.25) is 4.79 Å². The topological polar surface area (TPSA) is 116 Å². The third kappa shape index (κ3) is 4.03. The fourth-order valence-corrected chi connectivity index (χ4v) is 2.28. The molecule has 2 aromatic heterocycles. The molecule has 3 aromatic rings. The molecule has 0 bridgehead atoms. The number of hydrogen-bond donors (Lipinski definition) is 1. The number of carbonyl (C=O) groups excluding carboxylic acids is 2. The zero-order valence-electron chi connectivity index (χ0n) is 14.5. The second-order valence-electron chi connectivity index (χ2n) is 5.29. The predicted molar refractivity (Wildman–Crippen MR) is 95.3 cm³/mol. The molecule has 9 heteroatoms. The highest BCUT2D eigenvalue weighted by Crippen LogP contribution is 2.24. The van der Waals surface area contributed by atoms with Crippen LogP contribution in [-0.2, 0) is 4.74 Å². The number of nitrogens with one attached hydrogen (secondary N) is 1. The fraction of sp³-hybridized carbons (Fsp3) is 0.111. The van der Waals surface area contributed by atoms with Crippen molar-refractivity contribution in [2.24, 2.45) is 0 Å². The van der Waals surface area contributed by atoms with Crippen LogP contribution in [0.5, 0.6) is 5.75 Å². The molecule has 0 unspecified atom stereocenters. The molecule has 2 heterocycles. The van der Waals surface area contributed by atoms with Gasteiger partial charge in [0.15, 0.2) is 5.69 Å². The molecule has 0 aliphatic heterocycles. The molecule has 1 amide bonds. The second-order valence-corrected chi connectivity index (χ2v) is 5.29. The van der Waals surface area contributed by atoms with E-state index in [0.29, 0.717) is 11.4 Å². The summed E-state index contributed by atoms with van der Waals surface area (Å²) in [7, 11) is 2.74. The third-order valence-electron chi connectivity index (χ3n) is 3.66. The Balaban J connectivity index is 1.84. The molecule has 0 aliphatic rings. The first kappa shape index (κ1) is 17.9. The largest absolute Gasteiger partial charge is 0.497 e. The van der Waals surface area contributed by atoms with Crippen LogP contribution in [0.3, 0.4) is 0 Å². The van der Waals surface area contributed by atoms with Crippen LogP contribution in [0.15, 0.2) is 48.8 Å². The minimum absolute atomic E-state index is 0.0828. The van der Waals surface area contributed by atoms with Gasteiger partial charge in [-0.1, -0.05) is 0 Å². The number of anilines is 1. The molecule has 3 rings (SSSR count). The van der Waals surface area contributed by atoms with E-state index >= 15 is 0 Å². The monoisotopic (exact) mass is 365 g/mol. The van der Waals surface area contributed by atoms with Gasteiger partial charge in [-0.25, -0.2) is 4.79 Å². The van der Waals surface area contributed by atoms with E-state index < -0.39 is 11.9 Å².